The molecule has 0 saturated heterocycles. The molecule has 0 heterocycles. The molecule has 0 fully saturated rings. The van der Waals surface area contributed by atoms with Crippen molar-refractivity contribution in [1.29, 1.82) is 0 Å². The minimum atomic E-state index is -2.91. The fourth-order valence-corrected chi connectivity index (χ4v) is 0. The van der Waals surface area contributed by atoms with Crippen LogP contribution in [0, 0.1) is 0 Å². The third kappa shape index (κ3) is 15.8. The van der Waals surface area contributed by atoms with Crippen molar-refractivity contribution < 1.29 is 17.6 Å². The maximum Gasteiger partial charge on any atom is 0.334 e. The molecule has 0 aliphatic rings. The number of rotatable bonds is 1. The minimum absolute atomic E-state index is 1.64. The van der Waals surface area contributed by atoms with Crippen molar-refractivity contribution in [1.82, 2.24) is 0 Å². The standard InChI is InChI=1S/C4H6.C2F4/c1-3-4-2;3-1(4)2(5)6/h3-4H,1-2H2;. The summed E-state index contributed by atoms with van der Waals surface area (Å²) in [6.45, 7) is 6.72. The average Bonchev–Trinajstić information content (AvgIpc) is 1.89. The summed E-state index contributed by atoms with van der Waals surface area (Å²) in [5, 5.41) is 0. The van der Waals surface area contributed by atoms with E-state index >= 15 is 0 Å². The van der Waals surface area contributed by atoms with E-state index in [-0.39, 0.29) is 0 Å². The summed E-state index contributed by atoms with van der Waals surface area (Å²) < 4.78 is 41.1. The maximum absolute atomic E-state index is 10.3. The van der Waals surface area contributed by atoms with E-state index in [1.54, 1.807) is 12.2 Å². The smallest absolute Gasteiger partial charge is 0.167 e. The van der Waals surface area contributed by atoms with E-state index in [4.69, 9.17) is 0 Å². The number of hydrogen-bond donors (Lipinski definition) is 0. The monoisotopic (exact) mass is 154 g/mol. The van der Waals surface area contributed by atoms with Gasteiger partial charge in [0.15, 0.2) is 0 Å². The van der Waals surface area contributed by atoms with Crippen molar-refractivity contribution >= 4 is 0 Å². The molecule has 0 aromatic heterocycles. The third-order valence-corrected chi connectivity index (χ3v) is 0.310. The maximum atomic E-state index is 10.3. The predicted octanol–water partition coefficient (Wildman–Crippen LogP) is 3.35. The first-order chi connectivity index (χ1) is 4.56. The van der Waals surface area contributed by atoms with E-state index in [0.29, 0.717) is 0 Å². The molecule has 0 amide bonds. The number of halogens is 4. The van der Waals surface area contributed by atoms with Gasteiger partial charge in [-0.3, -0.25) is 0 Å². The van der Waals surface area contributed by atoms with Gasteiger partial charge in [0.1, 0.15) is 0 Å². The van der Waals surface area contributed by atoms with Crippen molar-refractivity contribution in [3.8, 4) is 0 Å². The van der Waals surface area contributed by atoms with E-state index < -0.39 is 12.2 Å². The van der Waals surface area contributed by atoms with Crippen LogP contribution in [-0.2, 0) is 0 Å². The van der Waals surface area contributed by atoms with Gasteiger partial charge in [0.25, 0.3) is 0 Å². The largest absolute Gasteiger partial charge is 0.334 e. The fourth-order valence-electron chi connectivity index (χ4n) is 0. The normalized spacial score (nSPS) is 6.80. The lowest BCUT2D eigenvalue weighted by molar-refractivity contribution is 0.308. The molecule has 0 saturated carbocycles. The predicted molar refractivity (Wildman–Crippen MR) is 31.9 cm³/mol. The van der Waals surface area contributed by atoms with Gasteiger partial charge in [-0.25, -0.2) is 0 Å². The van der Waals surface area contributed by atoms with Crippen LogP contribution >= 0.6 is 0 Å². The van der Waals surface area contributed by atoms with Gasteiger partial charge in [0.05, 0.1) is 0 Å². The molecule has 0 aromatic rings. The van der Waals surface area contributed by atoms with Crippen LogP contribution in [0.25, 0.3) is 0 Å². The third-order valence-electron chi connectivity index (χ3n) is 0.310. The second-order valence-electron chi connectivity index (χ2n) is 0.992. The zero-order chi connectivity index (χ0) is 8.57. The molecule has 0 radical (unpaired) electrons. The molecule has 0 spiro atoms. The van der Waals surface area contributed by atoms with Crippen LogP contribution in [-0.4, -0.2) is 0 Å². The van der Waals surface area contributed by atoms with Crippen molar-refractivity contribution in [2.24, 2.45) is 0 Å². The number of hydrogen-bond acceptors (Lipinski definition) is 0. The lowest BCUT2D eigenvalue weighted by atomic mass is 10.6. The molecule has 0 aromatic carbocycles. The molecule has 0 aliphatic heterocycles. The highest BCUT2D eigenvalue weighted by Gasteiger charge is 1.98. The lowest BCUT2D eigenvalue weighted by Gasteiger charge is -1.69. The highest BCUT2D eigenvalue weighted by Crippen LogP contribution is 2.08. The van der Waals surface area contributed by atoms with Gasteiger partial charge in [-0.2, -0.15) is 17.6 Å². The Bertz CT molecular complexity index is 113. The van der Waals surface area contributed by atoms with E-state index in [1.165, 1.54) is 0 Å². The van der Waals surface area contributed by atoms with Crippen LogP contribution in [0.15, 0.2) is 37.5 Å². The minimum Gasteiger partial charge on any atom is -0.167 e. The molecule has 4 heteroatoms. The van der Waals surface area contributed by atoms with Gasteiger partial charge in [-0.15, -0.1) is 0 Å². The first kappa shape index (κ1) is 11.7. The first-order valence-corrected chi connectivity index (χ1v) is 2.16. The summed E-state index contributed by atoms with van der Waals surface area (Å²) in [4.78, 5) is 0. The Morgan fingerprint density at radius 3 is 1.00 bits per heavy atom. The molecule has 0 rings (SSSR count). The molecule has 0 aliphatic carbocycles. The molecule has 0 N–H and O–H groups in total. The quantitative estimate of drug-likeness (QED) is 0.401. The van der Waals surface area contributed by atoms with Gasteiger partial charge in [0, 0.05) is 0 Å². The van der Waals surface area contributed by atoms with Crippen molar-refractivity contribution in [3.63, 3.8) is 0 Å². The van der Waals surface area contributed by atoms with E-state index in [1.807, 2.05) is 0 Å². The van der Waals surface area contributed by atoms with Crippen LogP contribution in [0.2, 0.25) is 0 Å². The highest BCUT2D eigenvalue weighted by atomic mass is 19.3. The second kappa shape index (κ2) is 7.94. The molecular weight excluding hydrogens is 148 g/mol. The lowest BCUT2D eigenvalue weighted by Crippen LogP contribution is -1.56. The second-order valence-corrected chi connectivity index (χ2v) is 0.992. The molecule has 0 atom stereocenters. The molecule has 0 unspecified atom stereocenters. The zero-order valence-corrected chi connectivity index (χ0v) is 5.08. The molecular formula is C6H6F4. The van der Waals surface area contributed by atoms with Crippen LogP contribution in [0.4, 0.5) is 17.6 Å². The number of allylic oxidation sites excluding steroid dienone is 2. The Morgan fingerprint density at radius 1 is 0.800 bits per heavy atom. The molecule has 0 nitrogen and oxygen atoms in total. The summed E-state index contributed by atoms with van der Waals surface area (Å²) in [6, 6.07) is 0. The Kier molecular flexibility index (Phi) is 9.29. The molecule has 0 bridgehead atoms. The van der Waals surface area contributed by atoms with E-state index in [2.05, 4.69) is 13.2 Å². The molecule has 58 valence electrons. The Hall–Kier alpha value is -1.06. The van der Waals surface area contributed by atoms with Gasteiger partial charge in [-0.05, 0) is 0 Å². The zero-order valence-electron chi connectivity index (χ0n) is 5.08. The Morgan fingerprint density at radius 2 is 1.00 bits per heavy atom. The van der Waals surface area contributed by atoms with Gasteiger partial charge >= 0.3 is 12.2 Å². The van der Waals surface area contributed by atoms with Crippen LogP contribution in [0.5, 0.6) is 0 Å². The summed E-state index contributed by atoms with van der Waals surface area (Å²) >= 11 is 0. The fraction of sp³-hybridized carbons (Fsp3) is 0. The van der Waals surface area contributed by atoms with Gasteiger partial charge < -0.3 is 0 Å². The van der Waals surface area contributed by atoms with E-state index in [0.717, 1.165) is 0 Å². The van der Waals surface area contributed by atoms with Gasteiger partial charge in [0.2, 0.25) is 0 Å². The van der Waals surface area contributed by atoms with Gasteiger partial charge in [-0.1, -0.05) is 25.3 Å². The van der Waals surface area contributed by atoms with Crippen LogP contribution in [0.3, 0.4) is 0 Å². The highest BCUT2D eigenvalue weighted by molar-refractivity contribution is 4.88. The van der Waals surface area contributed by atoms with Crippen LogP contribution < -0.4 is 0 Å². The van der Waals surface area contributed by atoms with Crippen LogP contribution in [0.1, 0.15) is 0 Å². The summed E-state index contributed by atoms with van der Waals surface area (Å²) in [5.74, 6) is 0. The van der Waals surface area contributed by atoms with Crippen molar-refractivity contribution in [3.05, 3.63) is 37.5 Å². The summed E-state index contributed by atoms with van der Waals surface area (Å²) in [7, 11) is 0. The van der Waals surface area contributed by atoms with Crippen molar-refractivity contribution in [2.45, 2.75) is 0 Å². The molecule has 10 heavy (non-hydrogen) atoms. The Balaban J connectivity index is 0. The summed E-state index contributed by atoms with van der Waals surface area (Å²) in [5.41, 5.74) is 0. The summed E-state index contributed by atoms with van der Waals surface area (Å²) in [6.07, 6.45) is -2.54. The Labute approximate surface area is 56.2 Å². The van der Waals surface area contributed by atoms with E-state index in [9.17, 15) is 17.6 Å². The topological polar surface area (TPSA) is 0 Å². The van der Waals surface area contributed by atoms with Crippen molar-refractivity contribution in [2.75, 3.05) is 0 Å². The first-order valence-electron chi connectivity index (χ1n) is 2.16. The average molecular weight is 154 g/mol. The SMILES string of the molecule is C=CC=C.FC(F)=C(F)F.